The Balaban J connectivity index is 1.73. The topological polar surface area (TPSA) is 35.2 Å². The molecule has 3 aliphatic carbocycles. The Morgan fingerprint density at radius 2 is 2.04 bits per heavy atom. The van der Waals surface area contributed by atoms with E-state index in [9.17, 15) is 0 Å². The average Bonchev–Trinajstić information content (AvgIpc) is 2.90. The van der Waals surface area contributed by atoms with Crippen LogP contribution in [0.1, 0.15) is 63.0 Å². The lowest BCUT2D eigenvalue weighted by molar-refractivity contribution is 0.0813. The molecule has 3 aliphatic rings. The molecule has 2 saturated carbocycles. The fourth-order valence-corrected chi connectivity index (χ4v) is 6.12. The van der Waals surface area contributed by atoms with Gasteiger partial charge in [0.05, 0.1) is 12.8 Å². The summed E-state index contributed by atoms with van der Waals surface area (Å²) in [6.07, 6.45) is 10.3. The standard InChI is InChI=1S/C21H29NO/c1-4-14-6-8-18-16-7-5-13-11-19(22)20(23-3)12-17(13)15(16)9-10-21(14,18)2/h4,11-12,15-16,18H,5-10,22H2,1-3H3/t15?,16?,18?,21-/m1/s1. The van der Waals surface area contributed by atoms with Crippen LogP contribution in [0.3, 0.4) is 0 Å². The quantitative estimate of drug-likeness (QED) is 0.580. The van der Waals surface area contributed by atoms with Crippen molar-refractivity contribution in [2.24, 2.45) is 17.3 Å². The highest BCUT2D eigenvalue weighted by atomic mass is 16.5. The van der Waals surface area contributed by atoms with Gasteiger partial charge in [0, 0.05) is 0 Å². The highest BCUT2D eigenvalue weighted by Gasteiger charge is 2.52. The van der Waals surface area contributed by atoms with Gasteiger partial charge in [0.1, 0.15) is 5.75 Å². The minimum atomic E-state index is 0.464. The van der Waals surface area contributed by atoms with Gasteiger partial charge in [-0.15, -0.1) is 0 Å². The maximum absolute atomic E-state index is 6.13. The number of anilines is 1. The maximum atomic E-state index is 6.13. The zero-order chi connectivity index (χ0) is 16.2. The van der Waals surface area contributed by atoms with Crippen molar-refractivity contribution in [3.05, 3.63) is 34.9 Å². The van der Waals surface area contributed by atoms with Crippen molar-refractivity contribution in [3.8, 4) is 5.75 Å². The Morgan fingerprint density at radius 3 is 2.78 bits per heavy atom. The molecular formula is C21H29NO. The fourth-order valence-electron chi connectivity index (χ4n) is 6.12. The van der Waals surface area contributed by atoms with Gasteiger partial charge in [-0.05, 0) is 91.9 Å². The second-order valence-corrected chi connectivity index (χ2v) is 8.02. The third kappa shape index (κ3) is 2.07. The van der Waals surface area contributed by atoms with Crippen molar-refractivity contribution >= 4 is 5.69 Å². The van der Waals surface area contributed by atoms with E-state index in [1.54, 1.807) is 12.7 Å². The summed E-state index contributed by atoms with van der Waals surface area (Å²) in [4.78, 5) is 0. The number of allylic oxidation sites excluding steroid dienone is 2. The second-order valence-electron chi connectivity index (χ2n) is 8.02. The van der Waals surface area contributed by atoms with Gasteiger partial charge < -0.3 is 10.5 Å². The third-order valence-corrected chi connectivity index (χ3v) is 7.27. The van der Waals surface area contributed by atoms with Gasteiger partial charge in [-0.1, -0.05) is 18.6 Å². The van der Waals surface area contributed by atoms with Crippen LogP contribution in [0.2, 0.25) is 0 Å². The normalized spacial score (nSPS) is 37.2. The first-order valence-electron chi connectivity index (χ1n) is 9.20. The molecule has 3 unspecified atom stereocenters. The molecule has 4 atom stereocenters. The van der Waals surface area contributed by atoms with Crippen molar-refractivity contribution in [1.29, 1.82) is 0 Å². The number of aryl methyl sites for hydroxylation is 1. The highest BCUT2D eigenvalue weighted by Crippen LogP contribution is 2.63. The molecule has 0 saturated heterocycles. The van der Waals surface area contributed by atoms with Crippen molar-refractivity contribution in [1.82, 2.24) is 0 Å². The average molecular weight is 311 g/mol. The highest BCUT2D eigenvalue weighted by molar-refractivity contribution is 5.58. The van der Waals surface area contributed by atoms with Gasteiger partial charge >= 0.3 is 0 Å². The van der Waals surface area contributed by atoms with Gasteiger partial charge in [0.25, 0.3) is 0 Å². The van der Waals surface area contributed by atoms with Gasteiger partial charge in [0.15, 0.2) is 0 Å². The van der Waals surface area contributed by atoms with Crippen molar-refractivity contribution in [2.75, 3.05) is 12.8 Å². The van der Waals surface area contributed by atoms with Crippen LogP contribution < -0.4 is 10.5 Å². The summed E-state index contributed by atoms with van der Waals surface area (Å²) >= 11 is 0. The predicted octanol–water partition coefficient (Wildman–Crippen LogP) is 5.08. The van der Waals surface area contributed by atoms with E-state index in [1.165, 1.54) is 49.7 Å². The molecule has 2 fully saturated rings. The largest absolute Gasteiger partial charge is 0.495 e. The number of hydrogen-bond donors (Lipinski definition) is 1. The number of ether oxygens (including phenoxy) is 1. The first-order valence-corrected chi connectivity index (χ1v) is 9.20. The summed E-state index contributed by atoms with van der Waals surface area (Å²) in [5.74, 6) is 3.28. The number of nitrogen functional groups attached to an aromatic ring is 1. The Morgan fingerprint density at radius 1 is 1.22 bits per heavy atom. The van der Waals surface area contributed by atoms with E-state index in [0.29, 0.717) is 11.3 Å². The lowest BCUT2D eigenvalue weighted by atomic mass is 9.55. The number of methoxy groups -OCH3 is 1. The molecular weight excluding hydrogens is 282 g/mol. The lowest BCUT2D eigenvalue weighted by Crippen LogP contribution is -2.40. The van der Waals surface area contributed by atoms with E-state index in [-0.39, 0.29) is 0 Å². The summed E-state index contributed by atoms with van der Waals surface area (Å²) in [6, 6.07) is 4.42. The summed E-state index contributed by atoms with van der Waals surface area (Å²) < 4.78 is 5.50. The molecule has 0 spiro atoms. The molecule has 2 heteroatoms. The molecule has 4 rings (SSSR count). The molecule has 0 radical (unpaired) electrons. The Labute approximate surface area is 140 Å². The van der Waals surface area contributed by atoms with Gasteiger partial charge in [0.2, 0.25) is 0 Å². The van der Waals surface area contributed by atoms with Crippen LogP contribution in [0, 0.1) is 17.3 Å². The van der Waals surface area contributed by atoms with Gasteiger partial charge in [-0.25, -0.2) is 0 Å². The van der Waals surface area contributed by atoms with Crippen molar-refractivity contribution in [2.45, 2.75) is 58.3 Å². The molecule has 0 amide bonds. The molecule has 1 aromatic carbocycles. The van der Waals surface area contributed by atoms with Gasteiger partial charge in [-0.2, -0.15) is 0 Å². The third-order valence-electron chi connectivity index (χ3n) is 7.27. The van der Waals surface area contributed by atoms with Crippen LogP contribution in [0.25, 0.3) is 0 Å². The fraction of sp³-hybridized carbons (Fsp3) is 0.619. The molecule has 0 aliphatic heterocycles. The lowest BCUT2D eigenvalue weighted by Gasteiger charge is -2.49. The van der Waals surface area contributed by atoms with Crippen molar-refractivity contribution < 1.29 is 4.74 Å². The molecule has 2 N–H and O–H groups in total. The summed E-state index contributed by atoms with van der Waals surface area (Å²) in [5.41, 5.74) is 12.1. The smallest absolute Gasteiger partial charge is 0.142 e. The first-order chi connectivity index (χ1) is 11.1. The summed E-state index contributed by atoms with van der Waals surface area (Å²) in [6.45, 7) is 4.77. The number of hydrogen-bond acceptors (Lipinski definition) is 2. The predicted molar refractivity (Wildman–Crippen MR) is 95.8 cm³/mol. The summed E-state index contributed by atoms with van der Waals surface area (Å²) in [5, 5.41) is 0. The number of fused-ring (bicyclic) bond motifs is 5. The Bertz CT molecular complexity index is 662. The van der Waals surface area contributed by atoms with Crippen LogP contribution in [0.15, 0.2) is 23.8 Å². The molecule has 0 heterocycles. The minimum absolute atomic E-state index is 0.464. The summed E-state index contributed by atoms with van der Waals surface area (Å²) in [7, 11) is 1.73. The van der Waals surface area contributed by atoms with E-state index in [2.05, 4.69) is 32.1 Å². The van der Waals surface area contributed by atoms with Gasteiger partial charge in [-0.3, -0.25) is 0 Å². The van der Waals surface area contributed by atoms with E-state index >= 15 is 0 Å². The zero-order valence-corrected chi connectivity index (χ0v) is 14.7. The Hall–Kier alpha value is -1.44. The van der Waals surface area contributed by atoms with E-state index in [4.69, 9.17) is 10.5 Å². The molecule has 23 heavy (non-hydrogen) atoms. The molecule has 124 valence electrons. The SMILES string of the molecule is CC=C1CCC2C3CCc4cc(N)c(OC)cc4C3CC[C@]12C. The number of nitrogens with two attached hydrogens (primary N) is 1. The van der Waals surface area contributed by atoms with E-state index in [0.717, 1.165) is 23.3 Å². The number of benzene rings is 1. The molecule has 0 aromatic heterocycles. The first kappa shape index (κ1) is 15.1. The van der Waals surface area contributed by atoms with E-state index in [1.807, 2.05) is 0 Å². The van der Waals surface area contributed by atoms with Crippen LogP contribution >= 0.6 is 0 Å². The monoisotopic (exact) mass is 311 g/mol. The molecule has 0 bridgehead atoms. The minimum Gasteiger partial charge on any atom is -0.495 e. The van der Waals surface area contributed by atoms with Crippen LogP contribution in [-0.2, 0) is 6.42 Å². The maximum Gasteiger partial charge on any atom is 0.142 e. The van der Waals surface area contributed by atoms with Crippen LogP contribution in [0.4, 0.5) is 5.69 Å². The van der Waals surface area contributed by atoms with Crippen LogP contribution in [-0.4, -0.2) is 7.11 Å². The van der Waals surface area contributed by atoms with Crippen molar-refractivity contribution in [3.63, 3.8) is 0 Å². The van der Waals surface area contributed by atoms with E-state index < -0.39 is 0 Å². The molecule has 1 aromatic rings. The second kappa shape index (κ2) is 5.29. The number of rotatable bonds is 1. The molecule has 2 nitrogen and oxygen atoms in total. The Kier molecular flexibility index (Phi) is 3.48. The zero-order valence-electron chi connectivity index (χ0n) is 14.7. The van der Waals surface area contributed by atoms with Crippen LogP contribution in [0.5, 0.6) is 5.75 Å².